The lowest BCUT2D eigenvalue weighted by molar-refractivity contribution is -0.130. The standard InChI is InChI=1S/C15H17N3O3/c1-15(2)13(19)18(14(20)17-15)7-4-8-21-12-6-3-5-11(9-12)10-16/h3,5-6,9H,4,7-8H2,1-2H3,(H,17,20). The number of amides is 3. The molecule has 1 aromatic rings. The van der Waals surface area contributed by atoms with Crippen LogP contribution in [0, 0.1) is 11.3 Å². The molecular formula is C15H17N3O3. The van der Waals surface area contributed by atoms with Crippen molar-refractivity contribution in [2.24, 2.45) is 0 Å². The molecule has 0 atom stereocenters. The van der Waals surface area contributed by atoms with Gasteiger partial charge < -0.3 is 10.1 Å². The molecule has 1 aromatic carbocycles. The fraction of sp³-hybridized carbons (Fsp3) is 0.400. The van der Waals surface area contributed by atoms with Crippen LogP contribution in [-0.4, -0.2) is 35.5 Å². The third-order valence-corrected chi connectivity index (χ3v) is 3.20. The lowest BCUT2D eigenvalue weighted by Gasteiger charge is -2.16. The van der Waals surface area contributed by atoms with Gasteiger partial charge in [0.1, 0.15) is 11.3 Å². The Bertz CT molecular complexity index is 604. The molecule has 0 radical (unpaired) electrons. The lowest BCUT2D eigenvalue weighted by Crippen LogP contribution is -2.40. The highest BCUT2D eigenvalue weighted by atomic mass is 16.5. The molecule has 21 heavy (non-hydrogen) atoms. The minimum atomic E-state index is -0.834. The fourth-order valence-electron chi connectivity index (χ4n) is 2.09. The largest absolute Gasteiger partial charge is 0.493 e. The van der Waals surface area contributed by atoms with E-state index < -0.39 is 5.54 Å². The Morgan fingerprint density at radius 2 is 2.14 bits per heavy atom. The summed E-state index contributed by atoms with van der Waals surface area (Å²) in [5.41, 5.74) is -0.303. The average Bonchev–Trinajstić information content (AvgIpc) is 2.65. The van der Waals surface area contributed by atoms with Crippen LogP contribution >= 0.6 is 0 Å². The van der Waals surface area contributed by atoms with Crippen LogP contribution in [0.1, 0.15) is 25.8 Å². The van der Waals surface area contributed by atoms with Crippen LogP contribution < -0.4 is 10.1 Å². The molecule has 1 aliphatic rings. The summed E-state index contributed by atoms with van der Waals surface area (Å²) < 4.78 is 5.51. The molecule has 1 fully saturated rings. The molecule has 110 valence electrons. The van der Waals surface area contributed by atoms with E-state index in [9.17, 15) is 9.59 Å². The maximum atomic E-state index is 12.0. The van der Waals surface area contributed by atoms with E-state index in [1.807, 2.05) is 6.07 Å². The number of ether oxygens (including phenoxy) is 1. The van der Waals surface area contributed by atoms with E-state index in [2.05, 4.69) is 5.32 Å². The minimum absolute atomic E-state index is 0.223. The number of nitrogens with zero attached hydrogens (tertiary/aromatic N) is 2. The van der Waals surface area contributed by atoms with Gasteiger partial charge in [0.05, 0.1) is 18.2 Å². The number of rotatable bonds is 5. The van der Waals surface area contributed by atoms with E-state index in [0.717, 1.165) is 0 Å². The first-order valence-corrected chi connectivity index (χ1v) is 6.71. The number of hydrogen-bond acceptors (Lipinski definition) is 4. The van der Waals surface area contributed by atoms with Crippen molar-refractivity contribution in [2.45, 2.75) is 25.8 Å². The molecule has 1 aliphatic heterocycles. The van der Waals surface area contributed by atoms with Gasteiger partial charge in [-0.1, -0.05) is 6.07 Å². The number of nitrogens with one attached hydrogen (secondary N) is 1. The third-order valence-electron chi connectivity index (χ3n) is 3.20. The second-order valence-corrected chi connectivity index (χ2v) is 5.35. The number of imide groups is 1. The lowest BCUT2D eigenvalue weighted by atomic mass is 10.1. The molecule has 3 amide bonds. The molecular weight excluding hydrogens is 270 g/mol. The van der Waals surface area contributed by atoms with Gasteiger partial charge in [-0.15, -0.1) is 0 Å². The van der Waals surface area contributed by atoms with Crippen molar-refractivity contribution in [3.63, 3.8) is 0 Å². The Labute approximate surface area is 123 Å². The predicted molar refractivity (Wildman–Crippen MR) is 75.6 cm³/mol. The fourth-order valence-corrected chi connectivity index (χ4v) is 2.09. The normalized spacial score (nSPS) is 16.5. The van der Waals surface area contributed by atoms with Crippen molar-refractivity contribution < 1.29 is 14.3 Å². The quantitative estimate of drug-likeness (QED) is 0.659. The van der Waals surface area contributed by atoms with Gasteiger partial charge in [-0.2, -0.15) is 5.26 Å². The monoisotopic (exact) mass is 287 g/mol. The second kappa shape index (κ2) is 5.83. The number of nitriles is 1. The van der Waals surface area contributed by atoms with Crippen LogP contribution in [0.3, 0.4) is 0 Å². The number of benzene rings is 1. The topological polar surface area (TPSA) is 82.4 Å². The second-order valence-electron chi connectivity index (χ2n) is 5.35. The zero-order valence-corrected chi connectivity index (χ0v) is 12.0. The average molecular weight is 287 g/mol. The van der Waals surface area contributed by atoms with E-state index >= 15 is 0 Å². The third kappa shape index (κ3) is 3.31. The molecule has 1 saturated heterocycles. The van der Waals surface area contributed by atoms with Crippen LogP contribution in [-0.2, 0) is 4.79 Å². The zero-order chi connectivity index (χ0) is 15.5. The van der Waals surface area contributed by atoms with E-state index in [-0.39, 0.29) is 11.9 Å². The molecule has 1 heterocycles. The Morgan fingerprint density at radius 1 is 1.38 bits per heavy atom. The smallest absolute Gasteiger partial charge is 0.325 e. The Hall–Kier alpha value is -2.55. The highest BCUT2D eigenvalue weighted by Gasteiger charge is 2.43. The van der Waals surface area contributed by atoms with Gasteiger partial charge in [0, 0.05) is 6.54 Å². The molecule has 1 N–H and O–H groups in total. The predicted octanol–water partition coefficient (Wildman–Crippen LogP) is 1.66. The van der Waals surface area contributed by atoms with Gasteiger partial charge in [0.15, 0.2) is 0 Å². The summed E-state index contributed by atoms with van der Waals surface area (Å²) in [7, 11) is 0. The number of hydrogen-bond donors (Lipinski definition) is 1. The summed E-state index contributed by atoms with van der Waals surface area (Å²) >= 11 is 0. The van der Waals surface area contributed by atoms with Crippen molar-refractivity contribution in [3.05, 3.63) is 29.8 Å². The molecule has 0 saturated carbocycles. The van der Waals surface area contributed by atoms with Gasteiger partial charge >= 0.3 is 6.03 Å². The summed E-state index contributed by atoms with van der Waals surface area (Å²) in [6.45, 7) is 4.03. The van der Waals surface area contributed by atoms with Crippen LogP contribution in [0.5, 0.6) is 5.75 Å². The summed E-state index contributed by atoms with van der Waals surface area (Å²) in [6.07, 6.45) is 0.534. The van der Waals surface area contributed by atoms with Crippen molar-refractivity contribution in [3.8, 4) is 11.8 Å². The molecule has 0 aromatic heterocycles. The SMILES string of the molecule is CC1(C)NC(=O)N(CCCOc2cccc(C#N)c2)C1=O. The van der Waals surface area contributed by atoms with Crippen LogP contribution in [0.2, 0.25) is 0 Å². The first kappa shape index (κ1) is 14.9. The molecule has 6 nitrogen and oxygen atoms in total. The number of carbonyl (C=O) groups excluding carboxylic acids is 2. The van der Waals surface area contributed by atoms with E-state index in [0.29, 0.717) is 30.9 Å². The van der Waals surface area contributed by atoms with Gasteiger partial charge in [0.25, 0.3) is 5.91 Å². The van der Waals surface area contributed by atoms with Crippen molar-refractivity contribution >= 4 is 11.9 Å². The van der Waals surface area contributed by atoms with Crippen molar-refractivity contribution in [1.29, 1.82) is 5.26 Å². The Balaban J connectivity index is 1.81. The summed E-state index contributed by atoms with van der Waals surface area (Å²) in [6, 6.07) is 8.52. The highest BCUT2D eigenvalue weighted by Crippen LogP contribution is 2.17. The number of urea groups is 1. The van der Waals surface area contributed by atoms with Gasteiger partial charge in [-0.25, -0.2) is 4.79 Å². The van der Waals surface area contributed by atoms with Crippen molar-refractivity contribution in [2.75, 3.05) is 13.2 Å². The van der Waals surface area contributed by atoms with E-state index in [1.54, 1.807) is 38.1 Å². The maximum Gasteiger partial charge on any atom is 0.325 e. The molecule has 0 spiro atoms. The molecule has 0 bridgehead atoms. The van der Waals surface area contributed by atoms with Crippen LogP contribution in [0.4, 0.5) is 4.79 Å². The van der Waals surface area contributed by atoms with E-state index in [1.165, 1.54) is 4.90 Å². The van der Waals surface area contributed by atoms with E-state index in [4.69, 9.17) is 10.00 Å². The van der Waals surface area contributed by atoms with Gasteiger partial charge in [-0.05, 0) is 38.5 Å². The molecule has 2 rings (SSSR count). The molecule has 0 unspecified atom stereocenters. The molecule has 6 heteroatoms. The first-order valence-electron chi connectivity index (χ1n) is 6.71. The van der Waals surface area contributed by atoms with Gasteiger partial charge in [-0.3, -0.25) is 9.69 Å². The molecule has 0 aliphatic carbocycles. The van der Waals surface area contributed by atoms with Crippen molar-refractivity contribution in [1.82, 2.24) is 10.2 Å². The highest BCUT2D eigenvalue weighted by molar-refractivity contribution is 6.06. The number of carbonyl (C=O) groups is 2. The Morgan fingerprint density at radius 3 is 2.76 bits per heavy atom. The maximum absolute atomic E-state index is 12.0. The zero-order valence-electron chi connectivity index (χ0n) is 12.0. The van der Waals surface area contributed by atoms with Crippen LogP contribution in [0.15, 0.2) is 24.3 Å². The van der Waals surface area contributed by atoms with Crippen LogP contribution in [0.25, 0.3) is 0 Å². The summed E-state index contributed by atoms with van der Waals surface area (Å²) in [4.78, 5) is 24.8. The first-order chi connectivity index (χ1) is 9.94. The Kier molecular flexibility index (Phi) is 4.13. The summed E-state index contributed by atoms with van der Waals surface area (Å²) in [5, 5.41) is 11.4. The summed E-state index contributed by atoms with van der Waals surface area (Å²) in [5.74, 6) is 0.380. The minimum Gasteiger partial charge on any atom is -0.493 e. The van der Waals surface area contributed by atoms with Gasteiger partial charge in [0.2, 0.25) is 0 Å².